The van der Waals surface area contributed by atoms with E-state index in [1.807, 2.05) is 0 Å². The highest BCUT2D eigenvalue weighted by atomic mass is 32.2. The van der Waals surface area contributed by atoms with Crippen molar-refractivity contribution in [2.24, 2.45) is 5.73 Å². The van der Waals surface area contributed by atoms with Gasteiger partial charge in [0.15, 0.2) is 9.84 Å². The summed E-state index contributed by atoms with van der Waals surface area (Å²) in [5.41, 5.74) is 5.85. The van der Waals surface area contributed by atoms with Crippen LogP contribution in [0, 0.1) is 0 Å². The number of rotatable bonds is 3. The Hall–Kier alpha value is -1.47. The van der Waals surface area contributed by atoms with Crippen molar-refractivity contribution in [2.75, 3.05) is 11.5 Å². The van der Waals surface area contributed by atoms with Gasteiger partial charge in [0.05, 0.1) is 17.0 Å². The average Bonchev–Trinajstić information content (AvgIpc) is 2.63. The maximum atomic E-state index is 12.0. The number of carbonyl (C=O) groups excluding carboxylic acids is 1. The summed E-state index contributed by atoms with van der Waals surface area (Å²) < 4.78 is 22.9. The molecule has 1 aliphatic heterocycles. The number of aromatic nitrogens is 1. The van der Waals surface area contributed by atoms with Crippen molar-refractivity contribution in [2.45, 2.75) is 25.4 Å². The SMILES string of the molecule is CC1(NC(=O)c2ccc(CN)cn2)CCS(=O)(=O)C1. The summed E-state index contributed by atoms with van der Waals surface area (Å²) in [5.74, 6) is -0.265. The number of hydrogen-bond acceptors (Lipinski definition) is 5. The Balaban J connectivity index is 2.08. The van der Waals surface area contributed by atoms with Crippen molar-refractivity contribution in [1.82, 2.24) is 10.3 Å². The second-order valence-electron chi connectivity index (χ2n) is 5.11. The minimum Gasteiger partial charge on any atom is -0.344 e. The number of nitrogens with one attached hydrogen (secondary N) is 1. The Morgan fingerprint density at radius 3 is 2.74 bits per heavy atom. The zero-order valence-corrected chi connectivity index (χ0v) is 11.5. The number of sulfone groups is 1. The largest absolute Gasteiger partial charge is 0.344 e. The molecule has 0 saturated carbocycles. The molecule has 1 unspecified atom stereocenters. The zero-order chi connectivity index (χ0) is 14.1. The van der Waals surface area contributed by atoms with Gasteiger partial charge in [0, 0.05) is 12.7 Å². The van der Waals surface area contributed by atoms with Crippen LogP contribution in [-0.2, 0) is 16.4 Å². The zero-order valence-electron chi connectivity index (χ0n) is 10.7. The molecule has 1 saturated heterocycles. The van der Waals surface area contributed by atoms with E-state index in [0.29, 0.717) is 13.0 Å². The van der Waals surface area contributed by atoms with Crippen LogP contribution in [0.2, 0.25) is 0 Å². The Morgan fingerprint density at radius 1 is 1.53 bits per heavy atom. The van der Waals surface area contributed by atoms with Crippen molar-refractivity contribution in [3.63, 3.8) is 0 Å². The number of nitrogens with two attached hydrogens (primary N) is 1. The van der Waals surface area contributed by atoms with Gasteiger partial charge < -0.3 is 11.1 Å². The van der Waals surface area contributed by atoms with E-state index in [1.165, 1.54) is 0 Å². The Labute approximate surface area is 112 Å². The summed E-state index contributed by atoms with van der Waals surface area (Å²) in [6.07, 6.45) is 1.98. The fourth-order valence-electron chi connectivity index (χ4n) is 2.13. The Bertz CT molecular complexity index is 583. The number of hydrogen-bond donors (Lipinski definition) is 2. The van der Waals surface area contributed by atoms with Crippen molar-refractivity contribution in [3.05, 3.63) is 29.6 Å². The lowest BCUT2D eigenvalue weighted by molar-refractivity contribution is 0.0910. The lowest BCUT2D eigenvalue weighted by Gasteiger charge is -2.23. The van der Waals surface area contributed by atoms with Crippen molar-refractivity contribution >= 4 is 15.7 Å². The van der Waals surface area contributed by atoms with Gasteiger partial charge in [-0.3, -0.25) is 9.78 Å². The van der Waals surface area contributed by atoms with E-state index in [1.54, 1.807) is 25.3 Å². The Kier molecular flexibility index (Phi) is 3.60. The van der Waals surface area contributed by atoms with Gasteiger partial charge >= 0.3 is 0 Å². The predicted molar refractivity (Wildman–Crippen MR) is 71.3 cm³/mol. The molecule has 1 aromatic rings. The molecule has 6 nitrogen and oxygen atoms in total. The number of nitrogens with zero attached hydrogens (tertiary/aromatic N) is 1. The molecule has 1 amide bonds. The van der Waals surface area contributed by atoms with Crippen LogP contribution in [0.4, 0.5) is 0 Å². The maximum absolute atomic E-state index is 12.0. The molecule has 0 bridgehead atoms. The normalized spacial score (nSPS) is 25.2. The van der Waals surface area contributed by atoms with E-state index < -0.39 is 15.4 Å². The second-order valence-corrected chi connectivity index (χ2v) is 7.30. The molecule has 3 N–H and O–H groups in total. The molecule has 1 aromatic heterocycles. The first kappa shape index (κ1) is 14.0. The first-order chi connectivity index (χ1) is 8.84. The van der Waals surface area contributed by atoms with Gasteiger partial charge in [-0.2, -0.15) is 0 Å². The molecular weight excluding hydrogens is 266 g/mol. The molecule has 2 heterocycles. The highest BCUT2D eigenvalue weighted by Crippen LogP contribution is 2.23. The molecular formula is C12H17N3O3S. The van der Waals surface area contributed by atoms with Crippen molar-refractivity contribution in [1.29, 1.82) is 0 Å². The van der Waals surface area contributed by atoms with Gasteiger partial charge in [-0.1, -0.05) is 6.07 Å². The van der Waals surface area contributed by atoms with Crippen LogP contribution in [0.5, 0.6) is 0 Å². The van der Waals surface area contributed by atoms with Crippen LogP contribution in [-0.4, -0.2) is 36.4 Å². The molecule has 0 radical (unpaired) electrons. The van der Waals surface area contributed by atoms with Crippen LogP contribution in [0.3, 0.4) is 0 Å². The highest BCUT2D eigenvalue weighted by Gasteiger charge is 2.39. The molecule has 0 aliphatic carbocycles. The maximum Gasteiger partial charge on any atom is 0.270 e. The number of pyridine rings is 1. The predicted octanol–water partition coefficient (Wildman–Crippen LogP) is -0.153. The van der Waals surface area contributed by atoms with Gasteiger partial charge in [-0.05, 0) is 25.0 Å². The summed E-state index contributed by atoms with van der Waals surface area (Å²) in [6, 6.07) is 3.32. The molecule has 0 aromatic carbocycles. The van der Waals surface area contributed by atoms with Gasteiger partial charge in [0.25, 0.3) is 5.91 Å². The summed E-state index contributed by atoms with van der Waals surface area (Å²) >= 11 is 0. The summed E-state index contributed by atoms with van der Waals surface area (Å²) in [5, 5.41) is 2.75. The molecule has 0 spiro atoms. The molecule has 1 aliphatic rings. The van der Waals surface area contributed by atoms with E-state index in [-0.39, 0.29) is 23.1 Å². The van der Waals surface area contributed by atoms with Gasteiger partial charge in [-0.15, -0.1) is 0 Å². The van der Waals surface area contributed by atoms with Crippen LogP contribution in [0.25, 0.3) is 0 Å². The summed E-state index contributed by atoms with van der Waals surface area (Å²) in [7, 11) is -3.04. The fraction of sp³-hybridized carbons (Fsp3) is 0.500. The lowest BCUT2D eigenvalue weighted by atomic mass is 10.0. The van der Waals surface area contributed by atoms with E-state index in [9.17, 15) is 13.2 Å². The summed E-state index contributed by atoms with van der Waals surface area (Å²) in [4.78, 5) is 16.0. The van der Waals surface area contributed by atoms with Crippen LogP contribution in [0.1, 0.15) is 29.4 Å². The van der Waals surface area contributed by atoms with Crippen LogP contribution < -0.4 is 11.1 Å². The Morgan fingerprint density at radius 2 is 2.26 bits per heavy atom. The number of carbonyl (C=O) groups is 1. The molecule has 7 heteroatoms. The van der Waals surface area contributed by atoms with E-state index >= 15 is 0 Å². The van der Waals surface area contributed by atoms with Crippen LogP contribution in [0.15, 0.2) is 18.3 Å². The third-order valence-electron chi connectivity index (χ3n) is 3.21. The standard InChI is InChI=1S/C12H17N3O3S/c1-12(4-5-19(17,18)8-12)15-11(16)10-3-2-9(6-13)7-14-10/h2-3,7H,4-6,8,13H2,1H3,(H,15,16). The third-order valence-corrected chi connectivity index (χ3v) is 5.11. The quantitative estimate of drug-likeness (QED) is 0.803. The summed E-state index contributed by atoms with van der Waals surface area (Å²) in [6.45, 7) is 2.11. The van der Waals surface area contributed by atoms with E-state index in [2.05, 4.69) is 10.3 Å². The lowest BCUT2D eigenvalue weighted by Crippen LogP contribution is -2.47. The third kappa shape index (κ3) is 3.30. The van der Waals surface area contributed by atoms with Crippen molar-refractivity contribution in [3.8, 4) is 0 Å². The molecule has 1 fully saturated rings. The van der Waals surface area contributed by atoms with Gasteiger partial charge in [0.2, 0.25) is 0 Å². The minimum absolute atomic E-state index is 0.0212. The minimum atomic E-state index is -3.04. The molecule has 104 valence electrons. The molecule has 19 heavy (non-hydrogen) atoms. The first-order valence-electron chi connectivity index (χ1n) is 6.01. The fourth-order valence-corrected chi connectivity index (χ4v) is 4.22. The monoisotopic (exact) mass is 283 g/mol. The smallest absolute Gasteiger partial charge is 0.270 e. The van der Waals surface area contributed by atoms with Crippen LogP contribution >= 0.6 is 0 Å². The van der Waals surface area contributed by atoms with E-state index in [4.69, 9.17) is 5.73 Å². The number of amides is 1. The molecule has 1 atom stereocenters. The van der Waals surface area contributed by atoms with Gasteiger partial charge in [0.1, 0.15) is 5.69 Å². The first-order valence-corrected chi connectivity index (χ1v) is 7.84. The van der Waals surface area contributed by atoms with Gasteiger partial charge in [-0.25, -0.2) is 8.42 Å². The average molecular weight is 283 g/mol. The molecule has 2 rings (SSSR count). The van der Waals surface area contributed by atoms with E-state index in [0.717, 1.165) is 5.56 Å². The second kappa shape index (κ2) is 4.90. The highest BCUT2D eigenvalue weighted by molar-refractivity contribution is 7.91. The van der Waals surface area contributed by atoms with Crippen molar-refractivity contribution < 1.29 is 13.2 Å². The topological polar surface area (TPSA) is 102 Å².